The lowest BCUT2D eigenvalue weighted by Crippen LogP contribution is -2.18. The van der Waals surface area contributed by atoms with Crippen molar-refractivity contribution in [3.63, 3.8) is 0 Å². The molecular formula is C14H15NO2S. The highest BCUT2D eigenvalue weighted by Gasteiger charge is 2.14. The molecular weight excluding hydrogens is 246 g/mol. The van der Waals surface area contributed by atoms with Gasteiger partial charge in [-0.25, -0.2) is 0 Å². The lowest BCUT2D eigenvalue weighted by molar-refractivity contribution is -0.117. The molecule has 18 heavy (non-hydrogen) atoms. The number of benzene rings is 1. The maximum absolute atomic E-state index is 11.3. The lowest BCUT2D eigenvalue weighted by atomic mass is 10.1. The topological polar surface area (TPSA) is 46.2 Å². The van der Waals surface area contributed by atoms with Crippen LogP contribution < -0.4 is 5.32 Å². The van der Waals surface area contributed by atoms with Crippen LogP contribution in [0.25, 0.3) is 6.08 Å². The van der Waals surface area contributed by atoms with Crippen molar-refractivity contribution < 1.29 is 9.59 Å². The first-order chi connectivity index (χ1) is 8.65. The highest BCUT2D eigenvalue weighted by Crippen LogP contribution is 2.32. The molecule has 0 aromatic heterocycles. The van der Waals surface area contributed by atoms with Crippen molar-refractivity contribution in [2.75, 3.05) is 11.1 Å². The third-order valence-corrected chi connectivity index (χ3v) is 3.68. The van der Waals surface area contributed by atoms with E-state index in [4.69, 9.17) is 0 Å². The molecule has 0 fully saturated rings. The molecule has 1 aromatic carbocycles. The second-order valence-corrected chi connectivity index (χ2v) is 5.25. The van der Waals surface area contributed by atoms with Crippen LogP contribution in [0.3, 0.4) is 0 Å². The Morgan fingerprint density at radius 1 is 1.50 bits per heavy atom. The van der Waals surface area contributed by atoms with Crippen LogP contribution >= 0.6 is 11.8 Å². The second-order valence-electron chi connectivity index (χ2n) is 4.24. The summed E-state index contributed by atoms with van der Waals surface area (Å²) in [5, 5.41) is 2.86. The molecule has 1 heterocycles. The molecule has 2 rings (SSSR count). The molecule has 0 saturated carbocycles. The molecule has 94 valence electrons. The van der Waals surface area contributed by atoms with Gasteiger partial charge >= 0.3 is 0 Å². The van der Waals surface area contributed by atoms with Crippen molar-refractivity contribution in [1.82, 2.24) is 0 Å². The van der Waals surface area contributed by atoms with E-state index < -0.39 is 0 Å². The van der Waals surface area contributed by atoms with E-state index >= 15 is 0 Å². The molecule has 0 spiro atoms. The summed E-state index contributed by atoms with van der Waals surface area (Å²) in [4.78, 5) is 23.2. The van der Waals surface area contributed by atoms with E-state index in [1.54, 1.807) is 18.7 Å². The number of fused-ring (bicyclic) bond motifs is 1. The van der Waals surface area contributed by atoms with Crippen LogP contribution in [0, 0.1) is 0 Å². The molecule has 1 amide bonds. The number of amides is 1. The predicted molar refractivity (Wildman–Crippen MR) is 74.7 cm³/mol. The number of carbonyl (C=O) groups is 2. The minimum Gasteiger partial charge on any atom is -0.324 e. The van der Waals surface area contributed by atoms with E-state index in [0.29, 0.717) is 12.2 Å². The Labute approximate surface area is 111 Å². The Bertz CT molecular complexity index is 509. The quantitative estimate of drug-likeness (QED) is 0.905. The largest absolute Gasteiger partial charge is 0.324 e. The first kappa shape index (κ1) is 12.9. The molecule has 0 aliphatic carbocycles. The van der Waals surface area contributed by atoms with Crippen LogP contribution in [-0.4, -0.2) is 17.4 Å². The van der Waals surface area contributed by atoms with Crippen molar-refractivity contribution in [2.24, 2.45) is 0 Å². The molecule has 0 bridgehead atoms. The summed E-state index contributed by atoms with van der Waals surface area (Å²) in [5.41, 5.74) is 1.92. The van der Waals surface area contributed by atoms with Crippen molar-refractivity contribution in [3.8, 4) is 0 Å². The van der Waals surface area contributed by atoms with E-state index in [1.807, 2.05) is 30.4 Å². The standard InChI is InChI=1S/C14H15NO2S/c1-10(16)4-2-3-5-11-6-7-13-12(8-11)15-14(17)9-18-13/h3,5-8H,2,4,9H2,1H3,(H,15,17)/b5-3+. The number of hydrogen-bond acceptors (Lipinski definition) is 3. The number of nitrogens with one attached hydrogen (secondary N) is 1. The zero-order chi connectivity index (χ0) is 13.0. The van der Waals surface area contributed by atoms with Gasteiger partial charge in [-0.05, 0) is 31.0 Å². The van der Waals surface area contributed by atoms with Gasteiger partial charge in [-0.15, -0.1) is 11.8 Å². The van der Waals surface area contributed by atoms with E-state index in [9.17, 15) is 9.59 Å². The zero-order valence-electron chi connectivity index (χ0n) is 10.2. The van der Waals surface area contributed by atoms with Gasteiger partial charge in [-0.1, -0.05) is 18.2 Å². The zero-order valence-corrected chi connectivity index (χ0v) is 11.0. The molecule has 1 aliphatic rings. The van der Waals surface area contributed by atoms with Gasteiger partial charge in [-0.2, -0.15) is 0 Å². The van der Waals surface area contributed by atoms with Crippen molar-refractivity contribution in [1.29, 1.82) is 0 Å². The van der Waals surface area contributed by atoms with Gasteiger partial charge in [-0.3, -0.25) is 4.79 Å². The number of thioether (sulfide) groups is 1. The van der Waals surface area contributed by atoms with Crippen LogP contribution in [0.15, 0.2) is 29.2 Å². The smallest absolute Gasteiger partial charge is 0.234 e. The Morgan fingerprint density at radius 2 is 2.33 bits per heavy atom. The van der Waals surface area contributed by atoms with Crippen molar-refractivity contribution in [2.45, 2.75) is 24.7 Å². The van der Waals surface area contributed by atoms with E-state index in [2.05, 4.69) is 5.32 Å². The van der Waals surface area contributed by atoms with Gasteiger partial charge in [0.1, 0.15) is 5.78 Å². The highest BCUT2D eigenvalue weighted by atomic mass is 32.2. The Morgan fingerprint density at radius 3 is 3.11 bits per heavy atom. The van der Waals surface area contributed by atoms with E-state index in [-0.39, 0.29) is 11.7 Å². The summed E-state index contributed by atoms with van der Waals surface area (Å²) < 4.78 is 0. The van der Waals surface area contributed by atoms with Gasteiger partial charge in [0.2, 0.25) is 5.91 Å². The third kappa shape index (κ3) is 3.47. The van der Waals surface area contributed by atoms with E-state index in [0.717, 1.165) is 22.6 Å². The summed E-state index contributed by atoms with van der Waals surface area (Å²) >= 11 is 1.56. The molecule has 4 heteroatoms. The summed E-state index contributed by atoms with van der Waals surface area (Å²) in [6.07, 6.45) is 5.30. The minimum atomic E-state index is 0.0465. The van der Waals surface area contributed by atoms with Gasteiger partial charge in [0.15, 0.2) is 0 Å². The normalized spacial score (nSPS) is 14.4. The molecule has 3 nitrogen and oxygen atoms in total. The van der Waals surface area contributed by atoms with Crippen molar-refractivity contribution >= 4 is 35.2 Å². The van der Waals surface area contributed by atoms with Gasteiger partial charge in [0.25, 0.3) is 0 Å². The van der Waals surface area contributed by atoms with Crippen molar-refractivity contribution in [3.05, 3.63) is 29.8 Å². The maximum Gasteiger partial charge on any atom is 0.234 e. The summed E-state index contributed by atoms with van der Waals surface area (Å²) in [5.74, 6) is 0.736. The number of carbonyl (C=O) groups excluding carboxylic acids is 2. The maximum atomic E-state index is 11.3. The fourth-order valence-corrected chi connectivity index (χ4v) is 2.50. The summed E-state index contributed by atoms with van der Waals surface area (Å²) in [7, 11) is 0. The van der Waals surface area contributed by atoms with Gasteiger partial charge in [0, 0.05) is 11.3 Å². The molecule has 1 aliphatic heterocycles. The predicted octanol–water partition coefficient (Wildman–Crippen LogP) is 3.11. The van der Waals surface area contributed by atoms with Gasteiger partial charge < -0.3 is 10.1 Å². The first-order valence-electron chi connectivity index (χ1n) is 5.88. The molecule has 0 atom stereocenters. The average molecular weight is 261 g/mol. The first-order valence-corrected chi connectivity index (χ1v) is 6.86. The van der Waals surface area contributed by atoms with Crippen LogP contribution in [-0.2, 0) is 9.59 Å². The van der Waals surface area contributed by atoms with Crippen LogP contribution in [0.1, 0.15) is 25.3 Å². The number of Topliss-reactive ketones (excluding diaryl/α,β-unsaturated/α-hetero) is 1. The van der Waals surface area contributed by atoms with Crippen LogP contribution in [0.2, 0.25) is 0 Å². The summed E-state index contributed by atoms with van der Waals surface area (Å²) in [6, 6.07) is 6.00. The van der Waals surface area contributed by atoms with E-state index in [1.165, 1.54) is 0 Å². The number of ketones is 1. The second kappa shape index (κ2) is 5.87. The number of anilines is 1. The average Bonchev–Trinajstić information content (AvgIpc) is 2.34. The molecule has 1 N–H and O–H groups in total. The minimum absolute atomic E-state index is 0.0465. The molecule has 0 saturated heterocycles. The fourth-order valence-electron chi connectivity index (χ4n) is 1.71. The summed E-state index contributed by atoms with van der Waals surface area (Å²) in [6.45, 7) is 1.60. The molecule has 0 unspecified atom stereocenters. The fraction of sp³-hybridized carbons (Fsp3) is 0.286. The third-order valence-electron chi connectivity index (χ3n) is 2.61. The SMILES string of the molecule is CC(=O)CC/C=C/c1ccc2c(c1)NC(=O)CS2. The highest BCUT2D eigenvalue weighted by molar-refractivity contribution is 8.00. The van der Waals surface area contributed by atoms with Gasteiger partial charge in [0.05, 0.1) is 11.4 Å². The lowest BCUT2D eigenvalue weighted by Gasteiger charge is -2.16. The number of hydrogen-bond donors (Lipinski definition) is 1. The Hall–Kier alpha value is -1.55. The van der Waals surface area contributed by atoms with Crippen LogP contribution in [0.4, 0.5) is 5.69 Å². The molecule has 1 aromatic rings. The number of rotatable bonds is 4. The van der Waals surface area contributed by atoms with Crippen LogP contribution in [0.5, 0.6) is 0 Å². The number of allylic oxidation sites excluding steroid dienone is 1. The Balaban J connectivity index is 2.04. The molecule has 0 radical (unpaired) electrons. The Kier molecular flexibility index (Phi) is 4.20. The monoisotopic (exact) mass is 261 g/mol.